The van der Waals surface area contributed by atoms with Crippen molar-refractivity contribution in [2.24, 2.45) is 0 Å². The summed E-state index contributed by atoms with van der Waals surface area (Å²) in [6.07, 6.45) is 0. The molecule has 0 amide bonds. The van der Waals surface area contributed by atoms with E-state index in [1.54, 1.807) is 12.1 Å². The molecule has 0 bridgehead atoms. The van der Waals surface area contributed by atoms with Gasteiger partial charge in [0.05, 0.1) is 41.3 Å². The quantitative estimate of drug-likeness (QED) is 0.110. The Hall–Kier alpha value is -3.60. The van der Waals surface area contributed by atoms with E-state index in [-0.39, 0.29) is 69.0 Å². The zero-order valence-corrected chi connectivity index (χ0v) is 22.8. The van der Waals surface area contributed by atoms with E-state index in [4.69, 9.17) is 14.2 Å². The number of carbonyl (C=O) groups excluding carboxylic acids is 2. The van der Waals surface area contributed by atoms with Gasteiger partial charge in [0.2, 0.25) is 0 Å². The van der Waals surface area contributed by atoms with Gasteiger partial charge in [-0.15, -0.1) is 0 Å². The van der Waals surface area contributed by atoms with E-state index >= 15 is 0 Å². The van der Waals surface area contributed by atoms with Crippen LogP contribution < -0.4 is 0 Å². The molecule has 0 saturated heterocycles. The largest absolute Gasteiger partial charge is 0.507 e. The average molecular weight is 605 g/mol. The molecule has 39 heavy (non-hydrogen) atoms. The molecule has 0 aliphatic carbocycles. The van der Waals surface area contributed by atoms with Crippen LogP contribution in [0.5, 0.6) is 23.0 Å². The highest BCUT2D eigenvalue weighted by Gasteiger charge is 2.31. The van der Waals surface area contributed by atoms with Gasteiger partial charge in [-0.05, 0) is 24.3 Å². The van der Waals surface area contributed by atoms with E-state index in [1.807, 2.05) is 0 Å². The van der Waals surface area contributed by atoms with Crippen molar-refractivity contribution in [3.63, 3.8) is 0 Å². The Balaban J connectivity index is 1.21. The topological polar surface area (TPSA) is 190 Å². The lowest BCUT2D eigenvalue weighted by molar-refractivity contribution is -0.141. The van der Waals surface area contributed by atoms with Crippen LogP contribution in [-0.4, -0.2) is 58.8 Å². The third kappa shape index (κ3) is 6.19. The molecule has 200 valence electrons. The van der Waals surface area contributed by atoms with E-state index in [2.05, 4.69) is 0 Å². The number of ether oxygens (including phenoxy) is 3. The van der Waals surface area contributed by atoms with E-state index in [0.717, 1.165) is 47.0 Å². The predicted molar refractivity (Wildman–Crippen MR) is 141 cm³/mol. The van der Waals surface area contributed by atoms with Gasteiger partial charge < -0.3 is 34.6 Å². The number of thioether (sulfide) groups is 4. The number of phenolic OH excluding ortho intramolecular Hbond substituents is 4. The molecule has 2 aliphatic rings. The molecule has 0 aromatic heterocycles. The number of hydrogen-bond acceptors (Lipinski definition) is 15. The smallest absolute Gasteiger partial charge is 0.350 e. The van der Waals surface area contributed by atoms with Crippen molar-refractivity contribution in [2.75, 3.05) is 26.4 Å². The fraction of sp³-hybridized carbons (Fsp3) is 0.167. The molecule has 0 radical (unpaired) electrons. The number of nitrogens with zero attached hydrogens (tertiary/aromatic N) is 2. The number of hydrogen-bond donors (Lipinski definition) is 4. The van der Waals surface area contributed by atoms with Gasteiger partial charge in [-0.1, -0.05) is 47.0 Å². The Morgan fingerprint density at radius 2 is 0.923 bits per heavy atom. The fourth-order valence-corrected chi connectivity index (χ4v) is 8.06. The highest BCUT2D eigenvalue weighted by Crippen LogP contribution is 2.59. The number of phenols is 4. The number of carbonyl (C=O) groups is 2. The first kappa shape index (κ1) is 28.4. The number of esters is 2. The number of benzene rings is 2. The lowest BCUT2D eigenvalue weighted by Gasteiger charge is -2.08. The molecule has 4 N–H and O–H groups in total. The van der Waals surface area contributed by atoms with E-state index < -0.39 is 11.9 Å². The number of aromatic hydroxyl groups is 4. The van der Waals surface area contributed by atoms with Gasteiger partial charge in [0.1, 0.15) is 48.4 Å². The Bertz CT molecular complexity index is 1330. The minimum absolute atomic E-state index is 0.0643. The standard InChI is InChI=1S/C24H16N2O9S4/c25-9-11(23-36-17-13(27)1-2-14(28)18(17)37-23)21(31)34-7-5-33-6-8-35-22(32)12(10-26)24-38-19-15(29)3-4-16(30)20(19)39-24/h1-4,27-30H,5-8H2. The van der Waals surface area contributed by atoms with Crippen LogP contribution in [0.2, 0.25) is 0 Å². The minimum atomic E-state index is -0.899. The first-order valence-corrected chi connectivity index (χ1v) is 14.0. The van der Waals surface area contributed by atoms with Crippen molar-refractivity contribution in [3.05, 3.63) is 43.9 Å². The van der Waals surface area contributed by atoms with Crippen molar-refractivity contribution >= 4 is 59.0 Å². The molecule has 0 saturated carbocycles. The van der Waals surface area contributed by atoms with Crippen LogP contribution in [0.25, 0.3) is 0 Å². The van der Waals surface area contributed by atoms with E-state index in [0.29, 0.717) is 19.6 Å². The maximum Gasteiger partial charge on any atom is 0.350 e. The summed E-state index contributed by atoms with van der Waals surface area (Å²) in [4.78, 5) is 26.1. The molecular weight excluding hydrogens is 589 g/mol. The van der Waals surface area contributed by atoms with E-state index in [9.17, 15) is 40.5 Å². The van der Waals surface area contributed by atoms with Crippen molar-refractivity contribution in [2.45, 2.75) is 19.6 Å². The molecule has 11 nitrogen and oxygen atoms in total. The van der Waals surface area contributed by atoms with Gasteiger partial charge in [-0.2, -0.15) is 10.5 Å². The normalized spacial score (nSPS) is 13.2. The Morgan fingerprint density at radius 3 is 1.21 bits per heavy atom. The molecule has 2 aliphatic heterocycles. The van der Waals surface area contributed by atoms with Crippen molar-refractivity contribution < 1.29 is 44.2 Å². The molecule has 4 rings (SSSR count). The van der Waals surface area contributed by atoms with E-state index in [1.165, 1.54) is 24.3 Å². The van der Waals surface area contributed by atoms with Crippen LogP contribution in [-0.2, 0) is 23.8 Å². The summed E-state index contributed by atoms with van der Waals surface area (Å²) in [6.45, 7) is -0.525. The monoisotopic (exact) mass is 604 g/mol. The number of nitriles is 2. The highest BCUT2D eigenvalue weighted by atomic mass is 32.2. The maximum atomic E-state index is 12.4. The lowest BCUT2D eigenvalue weighted by atomic mass is 10.3. The zero-order chi connectivity index (χ0) is 28.1. The molecule has 0 atom stereocenters. The van der Waals surface area contributed by atoms with Gasteiger partial charge in [0, 0.05) is 0 Å². The third-order valence-electron chi connectivity index (χ3n) is 4.88. The van der Waals surface area contributed by atoms with Crippen molar-refractivity contribution in [3.8, 4) is 35.1 Å². The molecule has 0 fully saturated rings. The number of fused-ring (bicyclic) bond motifs is 2. The van der Waals surface area contributed by atoms with Gasteiger partial charge in [0.25, 0.3) is 0 Å². The van der Waals surface area contributed by atoms with Gasteiger partial charge in [-0.3, -0.25) is 0 Å². The van der Waals surface area contributed by atoms with Crippen LogP contribution in [0.15, 0.2) is 63.5 Å². The van der Waals surface area contributed by atoms with Crippen LogP contribution in [0.3, 0.4) is 0 Å². The number of rotatable bonds is 8. The van der Waals surface area contributed by atoms with Crippen molar-refractivity contribution in [1.29, 1.82) is 10.5 Å². The van der Waals surface area contributed by atoms with Crippen LogP contribution in [0, 0.1) is 22.7 Å². The second kappa shape index (κ2) is 12.5. The Kier molecular flexibility index (Phi) is 9.11. The van der Waals surface area contributed by atoms with Crippen molar-refractivity contribution in [1.82, 2.24) is 0 Å². The summed E-state index contributed by atoms with van der Waals surface area (Å²) in [5, 5.41) is 58.6. The molecular formula is C24H16N2O9S4. The zero-order valence-electron chi connectivity index (χ0n) is 19.5. The van der Waals surface area contributed by atoms with Crippen LogP contribution in [0.4, 0.5) is 0 Å². The third-order valence-corrected chi connectivity index (χ3v) is 10.2. The second-order valence-electron chi connectivity index (χ2n) is 7.37. The summed E-state index contributed by atoms with van der Waals surface area (Å²) >= 11 is 3.91. The van der Waals surface area contributed by atoms with Crippen LogP contribution >= 0.6 is 47.0 Å². The first-order chi connectivity index (χ1) is 18.7. The second-order valence-corrected chi connectivity index (χ2v) is 12.0. The molecule has 2 heterocycles. The summed E-state index contributed by atoms with van der Waals surface area (Å²) < 4.78 is 15.9. The summed E-state index contributed by atoms with van der Waals surface area (Å²) in [5.74, 6) is -2.14. The van der Waals surface area contributed by atoms with Gasteiger partial charge >= 0.3 is 11.9 Å². The maximum absolute atomic E-state index is 12.4. The lowest BCUT2D eigenvalue weighted by Crippen LogP contribution is -2.16. The Morgan fingerprint density at radius 1 is 0.615 bits per heavy atom. The molecule has 2 aromatic carbocycles. The molecule has 0 spiro atoms. The van der Waals surface area contributed by atoms with Gasteiger partial charge in [-0.25, -0.2) is 9.59 Å². The predicted octanol–water partition coefficient (Wildman–Crippen LogP) is 4.18. The molecule has 15 heteroatoms. The fourth-order valence-electron chi connectivity index (χ4n) is 3.08. The SMILES string of the molecule is N#CC(C(=O)OCCOCCOC(=O)C(C#N)=C1Sc2c(O)ccc(O)c2S1)=C1Sc2c(O)ccc(O)c2S1. The molecule has 0 unspecified atom stereocenters. The van der Waals surface area contributed by atoms with Gasteiger partial charge in [0.15, 0.2) is 11.1 Å². The molecule has 2 aromatic rings. The highest BCUT2D eigenvalue weighted by molar-refractivity contribution is 8.25. The summed E-state index contributed by atoms with van der Waals surface area (Å²) in [5.41, 5.74) is -0.560. The first-order valence-electron chi connectivity index (χ1n) is 10.8. The summed E-state index contributed by atoms with van der Waals surface area (Å²) in [6, 6.07) is 8.81. The minimum Gasteiger partial charge on any atom is -0.507 e. The average Bonchev–Trinajstić information content (AvgIpc) is 3.56. The Labute approximate surface area is 238 Å². The van der Waals surface area contributed by atoms with Crippen LogP contribution in [0.1, 0.15) is 0 Å². The summed E-state index contributed by atoms with van der Waals surface area (Å²) in [7, 11) is 0.